The second kappa shape index (κ2) is 5.96. The van der Waals surface area contributed by atoms with Gasteiger partial charge >= 0.3 is 0 Å². The molecule has 0 aliphatic rings. The third kappa shape index (κ3) is 3.17. The van der Waals surface area contributed by atoms with Crippen LogP contribution < -0.4 is 0 Å². The number of hydrogen-bond acceptors (Lipinski definition) is 4. The van der Waals surface area contributed by atoms with E-state index in [1.807, 2.05) is 36.4 Å². The van der Waals surface area contributed by atoms with E-state index in [0.717, 1.165) is 9.79 Å². The number of hydrogen-bond donors (Lipinski definition) is 2. The van der Waals surface area contributed by atoms with E-state index in [0.29, 0.717) is 0 Å². The van der Waals surface area contributed by atoms with Gasteiger partial charge in [0.25, 0.3) is 0 Å². The minimum Gasteiger partial charge on any atom is -0.142 e. The van der Waals surface area contributed by atoms with E-state index >= 15 is 0 Å². The minimum atomic E-state index is 1.01. The van der Waals surface area contributed by atoms with Crippen molar-refractivity contribution in [3.05, 3.63) is 48.5 Å². The van der Waals surface area contributed by atoms with Gasteiger partial charge in [-0.15, -0.1) is 25.3 Å². The normalized spacial score (nSPS) is 10.4. The fourth-order valence-corrected chi connectivity index (χ4v) is 4.28. The molecule has 0 N–H and O–H groups in total. The van der Waals surface area contributed by atoms with Crippen LogP contribution in [-0.2, 0) is 0 Å². The summed E-state index contributed by atoms with van der Waals surface area (Å²) in [5.41, 5.74) is 0. The van der Waals surface area contributed by atoms with Crippen molar-refractivity contribution in [1.82, 2.24) is 0 Å². The van der Waals surface area contributed by atoms with Crippen LogP contribution in [0.15, 0.2) is 68.1 Å². The summed E-state index contributed by atoms with van der Waals surface area (Å²) in [6.45, 7) is 0. The standard InChI is InChI=1S/C12H10S4/c13-9-5-1-3-7-11(9)15-16-12-8-4-2-6-10(12)14/h1-8,13-14H. The average Bonchev–Trinajstić information content (AvgIpc) is 2.30. The fraction of sp³-hybridized carbons (Fsp3) is 0. The van der Waals surface area contributed by atoms with Crippen molar-refractivity contribution in [3.8, 4) is 0 Å². The van der Waals surface area contributed by atoms with Crippen LogP contribution in [0, 0.1) is 0 Å². The van der Waals surface area contributed by atoms with Gasteiger partial charge in [-0.25, -0.2) is 0 Å². The van der Waals surface area contributed by atoms with Crippen molar-refractivity contribution in [2.45, 2.75) is 19.6 Å². The first-order chi connectivity index (χ1) is 7.77. The molecule has 0 unspecified atom stereocenters. The maximum Gasteiger partial charge on any atom is 0.0319 e. The van der Waals surface area contributed by atoms with Gasteiger partial charge in [0.15, 0.2) is 0 Å². The molecule has 0 amide bonds. The molecule has 0 saturated carbocycles. The minimum absolute atomic E-state index is 1.01. The molecule has 0 heterocycles. The lowest BCUT2D eigenvalue weighted by atomic mass is 10.4. The van der Waals surface area contributed by atoms with Crippen molar-refractivity contribution in [3.63, 3.8) is 0 Å². The molecule has 0 radical (unpaired) electrons. The highest BCUT2D eigenvalue weighted by Crippen LogP contribution is 2.41. The summed E-state index contributed by atoms with van der Waals surface area (Å²) in [6, 6.07) is 16.2. The van der Waals surface area contributed by atoms with E-state index in [-0.39, 0.29) is 0 Å². The molecule has 2 aromatic carbocycles. The number of thiol groups is 2. The molecule has 2 rings (SSSR count). The van der Waals surface area contributed by atoms with Crippen molar-refractivity contribution in [2.24, 2.45) is 0 Å². The number of benzene rings is 2. The smallest absolute Gasteiger partial charge is 0.0319 e. The van der Waals surface area contributed by atoms with Crippen molar-refractivity contribution in [1.29, 1.82) is 0 Å². The Morgan fingerprint density at radius 2 is 1.00 bits per heavy atom. The summed E-state index contributed by atoms with van der Waals surface area (Å²) in [5, 5.41) is 0. The molecule has 4 heteroatoms. The Hall–Kier alpha value is -0.160. The molecule has 0 aliphatic carbocycles. The average molecular weight is 282 g/mol. The molecule has 2 aromatic rings. The lowest BCUT2D eigenvalue weighted by molar-refractivity contribution is 1.26. The van der Waals surface area contributed by atoms with Gasteiger partial charge in [-0.05, 0) is 24.3 Å². The van der Waals surface area contributed by atoms with Crippen LogP contribution >= 0.6 is 46.8 Å². The molecule has 0 atom stereocenters. The SMILES string of the molecule is Sc1ccccc1SSc1ccccc1S. The van der Waals surface area contributed by atoms with Crippen LogP contribution in [0.3, 0.4) is 0 Å². The van der Waals surface area contributed by atoms with E-state index in [9.17, 15) is 0 Å². The third-order valence-electron chi connectivity index (χ3n) is 1.95. The second-order valence-electron chi connectivity index (χ2n) is 3.10. The molecule has 0 fully saturated rings. The quantitative estimate of drug-likeness (QED) is 0.596. The molecule has 0 nitrogen and oxygen atoms in total. The number of rotatable bonds is 3. The molecular formula is C12H10S4. The Morgan fingerprint density at radius 3 is 1.38 bits per heavy atom. The van der Waals surface area contributed by atoms with Crippen molar-refractivity contribution >= 4 is 46.8 Å². The first-order valence-corrected chi connectivity index (χ1v) is 7.72. The summed E-state index contributed by atoms with van der Waals surface area (Å²) < 4.78 is 0. The van der Waals surface area contributed by atoms with Gasteiger partial charge in [0, 0.05) is 19.6 Å². The Kier molecular flexibility index (Phi) is 4.58. The highest BCUT2D eigenvalue weighted by atomic mass is 33.1. The summed E-state index contributed by atoms with van der Waals surface area (Å²) >= 11 is 8.83. The Labute approximate surface area is 114 Å². The fourth-order valence-electron chi connectivity index (χ4n) is 1.15. The second-order valence-corrected chi connectivity index (χ2v) is 6.28. The van der Waals surface area contributed by atoms with E-state index in [4.69, 9.17) is 0 Å². The maximum atomic E-state index is 4.42. The van der Waals surface area contributed by atoms with Crippen LogP contribution in [0.2, 0.25) is 0 Å². The topological polar surface area (TPSA) is 0 Å². The molecule has 16 heavy (non-hydrogen) atoms. The van der Waals surface area contributed by atoms with Gasteiger partial charge in [-0.2, -0.15) is 0 Å². The maximum absolute atomic E-state index is 4.42. The Morgan fingerprint density at radius 1 is 0.625 bits per heavy atom. The molecule has 82 valence electrons. The molecular weight excluding hydrogens is 272 g/mol. The van der Waals surface area contributed by atoms with Gasteiger partial charge < -0.3 is 0 Å². The zero-order valence-electron chi connectivity index (χ0n) is 8.33. The van der Waals surface area contributed by atoms with E-state index in [1.165, 1.54) is 9.79 Å². The predicted octanol–water partition coefficient (Wildman–Crippen LogP) is 5.06. The van der Waals surface area contributed by atoms with Crippen LogP contribution in [0.4, 0.5) is 0 Å². The monoisotopic (exact) mass is 282 g/mol. The Balaban J connectivity index is 2.09. The molecule has 0 saturated heterocycles. The predicted molar refractivity (Wildman–Crippen MR) is 79.1 cm³/mol. The zero-order valence-corrected chi connectivity index (χ0v) is 11.8. The van der Waals surface area contributed by atoms with Gasteiger partial charge in [-0.3, -0.25) is 0 Å². The summed E-state index contributed by atoms with van der Waals surface area (Å²) in [4.78, 5) is 4.37. The van der Waals surface area contributed by atoms with Gasteiger partial charge in [0.05, 0.1) is 0 Å². The van der Waals surface area contributed by atoms with E-state index in [2.05, 4.69) is 37.4 Å². The van der Waals surface area contributed by atoms with Crippen LogP contribution in [0.1, 0.15) is 0 Å². The Bertz CT molecular complexity index is 436. The summed E-state index contributed by atoms with van der Waals surface area (Å²) in [6.07, 6.45) is 0. The van der Waals surface area contributed by atoms with E-state index < -0.39 is 0 Å². The lowest BCUT2D eigenvalue weighted by Gasteiger charge is -2.05. The lowest BCUT2D eigenvalue weighted by Crippen LogP contribution is -1.73. The van der Waals surface area contributed by atoms with Crippen LogP contribution in [0.5, 0.6) is 0 Å². The van der Waals surface area contributed by atoms with Crippen LogP contribution in [-0.4, -0.2) is 0 Å². The van der Waals surface area contributed by atoms with Gasteiger partial charge in [0.1, 0.15) is 0 Å². The van der Waals surface area contributed by atoms with Crippen molar-refractivity contribution in [2.75, 3.05) is 0 Å². The van der Waals surface area contributed by atoms with Gasteiger partial charge in [0.2, 0.25) is 0 Å². The van der Waals surface area contributed by atoms with E-state index in [1.54, 1.807) is 21.6 Å². The summed E-state index contributed by atoms with van der Waals surface area (Å²) in [5.74, 6) is 0. The molecule has 0 spiro atoms. The molecule has 0 aromatic heterocycles. The largest absolute Gasteiger partial charge is 0.142 e. The first kappa shape index (κ1) is 12.3. The van der Waals surface area contributed by atoms with Gasteiger partial charge in [-0.1, -0.05) is 45.9 Å². The summed E-state index contributed by atoms with van der Waals surface area (Å²) in [7, 11) is 3.41. The zero-order chi connectivity index (χ0) is 11.4. The molecule has 0 aliphatic heterocycles. The molecule has 0 bridgehead atoms. The highest BCUT2D eigenvalue weighted by molar-refractivity contribution is 8.76. The third-order valence-corrected chi connectivity index (χ3v) is 5.52. The first-order valence-electron chi connectivity index (χ1n) is 4.68. The van der Waals surface area contributed by atoms with Crippen LogP contribution in [0.25, 0.3) is 0 Å². The highest BCUT2D eigenvalue weighted by Gasteiger charge is 2.02. The van der Waals surface area contributed by atoms with Crippen molar-refractivity contribution < 1.29 is 0 Å².